The Kier molecular flexibility index (Phi) is 6.42. The van der Waals surface area contributed by atoms with E-state index in [9.17, 15) is 13.6 Å². The van der Waals surface area contributed by atoms with Crippen LogP contribution in [0.25, 0.3) is 5.69 Å². The number of fused-ring (bicyclic) bond motifs is 1. The van der Waals surface area contributed by atoms with Gasteiger partial charge < -0.3 is 4.90 Å². The molecular formula is C28H26F2N4O. The SMILES string of the molecule is CN(Cc1nn(-c2ccc(F)cc2)c2c1CN(Cc1ccccc1)CC2)C(=O)c1cccc(F)c1. The van der Waals surface area contributed by atoms with Crippen LogP contribution < -0.4 is 0 Å². The summed E-state index contributed by atoms with van der Waals surface area (Å²) in [5, 5.41) is 4.87. The van der Waals surface area contributed by atoms with Crippen molar-refractivity contribution in [3.8, 4) is 5.69 Å². The molecule has 1 aliphatic heterocycles. The molecule has 0 radical (unpaired) electrons. The van der Waals surface area contributed by atoms with Crippen LogP contribution in [0.5, 0.6) is 0 Å². The van der Waals surface area contributed by atoms with E-state index in [0.717, 1.165) is 42.1 Å². The summed E-state index contributed by atoms with van der Waals surface area (Å²) in [5.41, 5.74) is 5.25. The van der Waals surface area contributed by atoms with Gasteiger partial charge in [0.15, 0.2) is 0 Å². The number of halogens is 2. The molecule has 5 nitrogen and oxygen atoms in total. The Morgan fingerprint density at radius 3 is 2.49 bits per heavy atom. The van der Waals surface area contributed by atoms with Gasteiger partial charge in [-0.3, -0.25) is 9.69 Å². The third-order valence-corrected chi connectivity index (χ3v) is 6.35. The first-order valence-corrected chi connectivity index (χ1v) is 11.6. The molecule has 2 heterocycles. The van der Waals surface area contributed by atoms with Gasteiger partial charge in [-0.2, -0.15) is 5.10 Å². The van der Waals surface area contributed by atoms with Crippen LogP contribution in [0.4, 0.5) is 8.78 Å². The third kappa shape index (κ3) is 5.00. The van der Waals surface area contributed by atoms with Crippen molar-refractivity contribution in [2.75, 3.05) is 13.6 Å². The average Bonchev–Trinajstić information content (AvgIpc) is 3.22. The topological polar surface area (TPSA) is 41.4 Å². The predicted molar refractivity (Wildman–Crippen MR) is 130 cm³/mol. The molecule has 3 aromatic carbocycles. The van der Waals surface area contributed by atoms with Crippen molar-refractivity contribution < 1.29 is 13.6 Å². The van der Waals surface area contributed by atoms with Gasteiger partial charge in [0, 0.05) is 44.2 Å². The first kappa shape index (κ1) is 22.9. The van der Waals surface area contributed by atoms with E-state index in [1.165, 1.54) is 35.9 Å². The number of benzene rings is 3. The molecule has 0 saturated heterocycles. The number of hydrogen-bond donors (Lipinski definition) is 0. The van der Waals surface area contributed by atoms with Crippen LogP contribution in [0.3, 0.4) is 0 Å². The number of carbonyl (C=O) groups is 1. The van der Waals surface area contributed by atoms with Crippen molar-refractivity contribution in [1.82, 2.24) is 19.6 Å². The quantitative estimate of drug-likeness (QED) is 0.397. The smallest absolute Gasteiger partial charge is 0.254 e. The third-order valence-electron chi connectivity index (χ3n) is 6.35. The first-order chi connectivity index (χ1) is 17.0. The normalized spacial score (nSPS) is 13.5. The average molecular weight is 473 g/mol. The lowest BCUT2D eigenvalue weighted by molar-refractivity contribution is 0.0782. The summed E-state index contributed by atoms with van der Waals surface area (Å²) >= 11 is 0. The zero-order valence-corrected chi connectivity index (χ0v) is 19.5. The number of hydrogen-bond acceptors (Lipinski definition) is 3. The summed E-state index contributed by atoms with van der Waals surface area (Å²) in [5.74, 6) is -1.02. The molecule has 0 saturated carbocycles. The van der Waals surface area contributed by atoms with Crippen LogP contribution in [-0.4, -0.2) is 39.1 Å². The molecule has 0 atom stereocenters. The maximum Gasteiger partial charge on any atom is 0.254 e. The van der Waals surface area contributed by atoms with E-state index in [0.29, 0.717) is 12.1 Å². The monoisotopic (exact) mass is 472 g/mol. The van der Waals surface area contributed by atoms with E-state index in [1.54, 1.807) is 30.1 Å². The molecule has 1 amide bonds. The van der Waals surface area contributed by atoms with Gasteiger partial charge in [0.2, 0.25) is 0 Å². The first-order valence-electron chi connectivity index (χ1n) is 11.6. The minimum atomic E-state index is -0.446. The van der Waals surface area contributed by atoms with Crippen LogP contribution in [0, 0.1) is 11.6 Å². The highest BCUT2D eigenvalue weighted by Gasteiger charge is 2.27. The largest absolute Gasteiger partial charge is 0.336 e. The second kappa shape index (κ2) is 9.80. The van der Waals surface area contributed by atoms with E-state index in [2.05, 4.69) is 17.0 Å². The van der Waals surface area contributed by atoms with E-state index in [4.69, 9.17) is 5.10 Å². The van der Waals surface area contributed by atoms with E-state index in [-0.39, 0.29) is 18.3 Å². The van der Waals surface area contributed by atoms with Crippen LogP contribution in [-0.2, 0) is 26.1 Å². The van der Waals surface area contributed by atoms with Crippen molar-refractivity contribution in [3.63, 3.8) is 0 Å². The minimum absolute atomic E-state index is 0.272. The maximum atomic E-state index is 13.7. The standard InChI is InChI=1S/C28H26F2N4O/c1-32(28(35)21-8-5-9-23(30)16-21)19-26-25-18-33(17-20-6-3-2-4-7-20)15-14-27(25)34(31-26)24-12-10-22(29)11-13-24/h2-13,16H,14-15,17-19H2,1H3. The van der Waals surface area contributed by atoms with Crippen molar-refractivity contribution >= 4 is 5.91 Å². The van der Waals surface area contributed by atoms with Gasteiger partial charge in [-0.25, -0.2) is 13.5 Å². The molecule has 0 spiro atoms. The van der Waals surface area contributed by atoms with Gasteiger partial charge in [-0.1, -0.05) is 36.4 Å². The molecule has 5 rings (SSSR count). The van der Waals surface area contributed by atoms with Crippen molar-refractivity contribution in [3.05, 3.63) is 119 Å². The fourth-order valence-electron chi connectivity index (χ4n) is 4.58. The van der Waals surface area contributed by atoms with Crippen molar-refractivity contribution in [2.45, 2.75) is 26.1 Å². The Balaban J connectivity index is 1.45. The summed E-state index contributed by atoms with van der Waals surface area (Å²) < 4.78 is 29.1. The van der Waals surface area contributed by atoms with Gasteiger partial charge in [0.1, 0.15) is 11.6 Å². The molecule has 7 heteroatoms. The Morgan fingerprint density at radius 1 is 0.971 bits per heavy atom. The number of carbonyl (C=O) groups excluding carboxylic acids is 1. The Labute approximate surface area is 203 Å². The van der Waals surface area contributed by atoms with Crippen LogP contribution in [0.15, 0.2) is 78.9 Å². The van der Waals surface area contributed by atoms with Gasteiger partial charge in [0.05, 0.1) is 23.6 Å². The number of aromatic nitrogens is 2. The molecule has 0 fully saturated rings. The summed E-state index contributed by atoms with van der Waals surface area (Å²) in [7, 11) is 1.70. The lowest BCUT2D eigenvalue weighted by Crippen LogP contribution is -2.32. The molecule has 0 aliphatic carbocycles. The zero-order valence-electron chi connectivity index (χ0n) is 19.5. The van der Waals surface area contributed by atoms with Gasteiger partial charge >= 0.3 is 0 Å². The summed E-state index contributed by atoms with van der Waals surface area (Å²) in [6, 6.07) is 22.3. The highest BCUT2D eigenvalue weighted by atomic mass is 19.1. The molecule has 178 valence electrons. The molecule has 4 aromatic rings. The van der Waals surface area contributed by atoms with Crippen LogP contribution >= 0.6 is 0 Å². The Hall–Kier alpha value is -3.84. The Morgan fingerprint density at radius 2 is 1.74 bits per heavy atom. The number of nitrogens with zero attached hydrogens (tertiary/aromatic N) is 4. The highest BCUT2D eigenvalue weighted by Crippen LogP contribution is 2.27. The predicted octanol–water partition coefficient (Wildman–Crippen LogP) is 4.98. The lowest BCUT2D eigenvalue weighted by atomic mass is 10.0. The minimum Gasteiger partial charge on any atom is -0.336 e. The van der Waals surface area contributed by atoms with E-state index < -0.39 is 5.82 Å². The van der Waals surface area contributed by atoms with Crippen molar-refractivity contribution in [1.29, 1.82) is 0 Å². The Bertz CT molecular complexity index is 1340. The second-order valence-corrected chi connectivity index (χ2v) is 8.88. The van der Waals surface area contributed by atoms with Crippen LogP contribution in [0.2, 0.25) is 0 Å². The van der Waals surface area contributed by atoms with Gasteiger partial charge in [0.25, 0.3) is 5.91 Å². The summed E-state index contributed by atoms with van der Waals surface area (Å²) in [4.78, 5) is 16.9. The van der Waals surface area contributed by atoms with E-state index in [1.807, 2.05) is 22.9 Å². The highest BCUT2D eigenvalue weighted by molar-refractivity contribution is 5.94. The molecule has 0 unspecified atom stereocenters. The fraction of sp³-hybridized carbons (Fsp3) is 0.214. The number of rotatable bonds is 6. The maximum absolute atomic E-state index is 13.7. The van der Waals surface area contributed by atoms with Crippen LogP contribution in [0.1, 0.15) is 32.9 Å². The molecule has 1 aromatic heterocycles. The summed E-state index contributed by atoms with van der Waals surface area (Å²) in [6.07, 6.45) is 0.786. The molecular weight excluding hydrogens is 446 g/mol. The van der Waals surface area contributed by atoms with Crippen molar-refractivity contribution in [2.24, 2.45) is 0 Å². The van der Waals surface area contributed by atoms with Gasteiger partial charge in [-0.15, -0.1) is 0 Å². The lowest BCUT2D eigenvalue weighted by Gasteiger charge is -2.28. The molecule has 0 N–H and O–H groups in total. The molecule has 0 bridgehead atoms. The molecule has 35 heavy (non-hydrogen) atoms. The van der Waals surface area contributed by atoms with E-state index >= 15 is 0 Å². The molecule has 1 aliphatic rings. The number of amides is 1. The second-order valence-electron chi connectivity index (χ2n) is 8.88. The fourth-order valence-corrected chi connectivity index (χ4v) is 4.58. The summed E-state index contributed by atoms with van der Waals surface area (Å²) in [6.45, 7) is 2.67. The zero-order chi connectivity index (χ0) is 24.4. The van der Waals surface area contributed by atoms with Gasteiger partial charge in [-0.05, 0) is 48.0 Å².